The topological polar surface area (TPSA) is 30.7 Å². The zero-order valence-corrected chi connectivity index (χ0v) is 10.1. The van der Waals surface area contributed by atoms with Gasteiger partial charge in [0.1, 0.15) is 18.0 Å². The molecule has 0 N–H and O–H groups in total. The van der Waals surface area contributed by atoms with Crippen LogP contribution in [0.25, 0.3) is 11.3 Å². The summed E-state index contributed by atoms with van der Waals surface area (Å²) < 4.78 is 28.3. The molecule has 0 spiro atoms. The monoisotopic (exact) mass is 259 g/mol. The minimum Gasteiger partial charge on any atom is -0.279 e. The van der Waals surface area contributed by atoms with Crippen LogP contribution in [0.2, 0.25) is 0 Å². The molecule has 0 saturated carbocycles. The smallest absolute Gasteiger partial charge is 0.168 e. The second-order valence-electron chi connectivity index (χ2n) is 4.26. The lowest BCUT2D eigenvalue weighted by atomic mass is 10.1. The first kappa shape index (κ1) is 11.8. The Kier molecular flexibility index (Phi) is 2.95. The Bertz CT molecular complexity index is 671. The molecule has 1 heterocycles. The van der Waals surface area contributed by atoms with Crippen molar-refractivity contribution < 1.29 is 8.78 Å². The van der Waals surface area contributed by atoms with E-state index in [-0.39, 0.29) is 5.69 Å². The van der Waals surface area contributed by atoms with Crippen LogP contribution in [0.3, 0.4) is 0 Å². The number of halogens is 2. The summed E-state index contributed by atoms with van der Waals surface area (Å²) >= 11 is 0. The molecule has 0 fully saturated rings. The van der Waals surface area contributed by atoms with E-state index in [1.165, 1.54) is 23.0 Å². The van der Waals surface area contributed by atoms with Gasteiger partial charge in [0, 0.05) is 11.6 Å². The Morgan fingerprint density at radius 1 is 1.16 bits per heavy atom. The van der Waals surface area contributed by atoms with E-state index in [9.17, 15) is 8.78 Å². The summed E-state index contributed by atoms with van der Waals surface area (Å²) in [5.74, 6) is -0.685. The van der Waals surface area contributed by atoms with E-state index in [1.54, 1.807) is 0 Å². The highest BCUT2D eigenvalue weighted by Crippen LogP contribution is 2.23. The fourth-order valence-electron chi connectivity index (χ4n) is 2.06. The SMILES string of the molecule is Fc1ccc(-n2cnnc2C2=CCCC=C2)c(F)c1. The van der Waals surface area contributed by atoms with Crippen molar-refractivity contribution in [3.63, 3.8) is 0 Å². The number of nitrogens with zero attached hydrogens (tertiary/aromatic N) is 3. The summed E-state index contributed by atoms with van der Waals surface area (Å²) in [6.07, 6.45) is 9.34. The molecule has 1 aromatic heterocycles. The first-order chi connectivity index (χ1) is 9.25. The average molecular weight is 259 g/mol. The van der Waals surface area contributed by atoms with Crippen molar-refractivity contribution in [2.24, 2.45) is 0 Å². The number of hydrogen-bond acceptors (Lipinski definition) is 2. The summed E-state index contributed by atoms with van der Waals surface area (Å²) in [7, 11) is 0. The average Bonchev–Trinajstić information content (AvgIpc) is 2.89. The van der Waals surface area contributed by atoms with Gasteiger partial charge in [-0.2, -0.15) is 0 Å². The molecule has 2 aromatic rings. The van der Waals surface area contributed by atoms with Crippen molar-refractivity contribution >= 4 is 5.57 Å². The maximum atomic E-state index is 13.8. The molecule has 1 aromatic carbocycles. The normalized spacial score (nSPS) is 14.5. The van der Waals surface area contributed by atoms with Crippen LogP contribution in [0.15, 0.2) is 42.8 Å². The molecule has 3 rings (SSSR count). The third kappa shape index (κ3) is 2.19. The van der Waals surface area contributed by atoms with Gasteiger partial charge in [-0.1, -0.05) is 18.2 Å². The van der Waals surface area contributed by atoms with E-state index in [0.717, 1.165) is 24.5 Å². The number of hydrogen-bond donors (Lipinski definition) is 0. The van der Waals surface area contributed by atoms with Crippen molar-refractivity contribution in [2.75, 3.05) is 0 Å². The fourth-order valence-corrected chi connectivity index (χ4v) is 2.06. The molecule has 0 saturated heterocycles. The summed E-state index contributed by atoms with van der Waals surface area (Å²) in [4.78, 5) is 0. The maximum absolute atomic E-state index is 13.8. The molecular formula is C14H11F2N3. The van der Waals surface area contributed by atoms with Crippen LogP contribution >= 0.6 is 0 Å². The zero-order chi connectivity index (χ0) is 13.2. The van der Waals surface area contributed by atoms with Gasteiger partial charge in [0.15, 0.2) is 5.82 Å². The van der Waals surface area contributed by atoms with E-state index in [0.29, 0.717) is 5.82 Å². The summed E-state index contributed by atoms with van der Waals surface area (Å²) in [5.41, 5.74) is 1.13. The van der Waals surface area contributed by atoms with Gasteiger partial charge in [0.05, 0.1) is 5.69 Å². The molecule has 3 nitrogen and oxygen atoms in total. The van der Waals surface area contributed by atoms with Gasteiger partial charge in [0.2, 0.25) is 0 Å². The molecule has 1 aliphatic carbocycles. The van der Waals surface area contributed by atoms with Crippen LogP contribution in [0, 0.1) is 11.6 Å². The molecule has 0 radical (unpaired) electrons. The molecule has 0 amide bonds. The summed E-state index contributed by atoms with van der Waals surface area (Å²) in [6, 6.07) is 3.45. The Morgan fingerprint density at radius 3 is 2.79 bits per heavy atom. The van der Waals surface area contributed by atoms with Crippen LogP contribution in [0.5, 0.6) is 0 Å². The van der Waals surface area contributed by atoms with E-state index in [4.69, 9.17) is 0 Å². The van der Waals surface area contributed by atoms with E-state index in [1.807, 2.05) is 18.2 Å². The molecular weight excluding hydrogens is 248 g/mol. The van der Waals surface area contributed by atoms with Gasteiger partial charge >= 0.3 is 0 Å². The molecule has 0 aliphatic heterocycles. The van der Waals surface area contributed by atoms with Crippen molar-refractivity contribution in [3.05, 3.63) is 60.2 Å². The van der Waals surface area contributed by atoms with Gasteiger partial charge in [-0.25, -0.2) is 8.78 Å². The second kappa shape index (κ2) is 4.76. The van der Waals surface area contributed by atoms with E-state index in [2.05, 4.69) is 10.2 Å². The zero-order valence-electron chi connectivity index (χ0n) is 10.1. The Morgan fingerprint density at radius 2 is 2.05 bits per heavy atom. The predicted octanol–water partition coefficient (Wildman–Crippen LogP) is 3.28. The van der Waals surface area contributed by atoms with Crippen molar-refractivity contribution in [1.29, 1.82) is 0 Å². The summed E-state index contributed by atoms with van der Waals surface area (Å²) in [5, 5.41) is 7.83. The van der Waals surface area contributed by atoms with Crippen molar-refractivity contribution in [1.82, 2.24) is 14.8 Å². The minimum atomic E-state index is -0.638. The quantitative estimate of drug-likeness (QED) is 0.828. The Balaban J connectivity index is 2.09. The summed E-state index contributed by atoms with van der Waals surface area (Å²) in [6.45, 7) is 0. The van der Waals surface area contributed by atoms with Crippen molar-refractivity contribution in [3.8, 4) is 5.69 Å². The fraction of sp³-hybridized carbons (Fsp3) is 0.143. The molecule has 1 aliphatic rings. The largest absolute Gasteiger partial charge is 0.279 e. The highest BCUT2D eigenvalue weighted by molar-refractivity contribution is 5.71. The predicted molar refractivity (Wildman–Crippen MR) is 67.6 cm³/mol. The molecule has 0 unspecified atom stereocenters. The molecule has 5 heteroatoms. The van der Waals surface area contributed by atoms with E-state index < -0.39 is 11.6 Å². The number of benzene rings is 1. The first-order valence-electron chi connectivity index (χ1n) is 5.98. The standard InChI is InChI=1S/C14H11F2N3/c15-11-6-7-13(12(16)8-11)19-9-17-18-14(19)10-4-2-1-3-5-10/h2,4-9H,1,3H2. The van der Waals surface area contributed by atoms with Crippen LogP contribution in [-0.2, 0) is 0 Å². The molecule has 0 atom stereocenters. The Hall–Kier alpha value is -2.30. The van der Waals surface area contributed by atoms with Gasteiger partial charge in [0.25, 0.3) is 0 Å². The lowest BCUT2D eigenvalue weighted by Crippen LogP contribution is -2.03. The Labute approximate surface area is 108 Å². The minimum absolute atomic E-state index is 0.237. The van der Waals surface area contributed by atoms with E-state index >= 15 is 0 Å². The van der Waals surface area contributed by atoms with Crippen molar-refractivity contribution in [2.45, 2.75) is 12.8 Å². The number of aromatic nitrogens is 3. The van der Waals surface area contributed by atoms with Gasteiger partial charge < -0.3 is 0 Å². The number of rotatable bonds is 2. The highest BCUT2D eigenvalue weighted by Gasteiger charge is 2.14. The van der Waals surface area contributed by atoms with Gasteiger partial charge in [-0.05, 0) is 25.0 Å². The van der Waals surface area contributed by atoms with Gasteiger partial charge in [-0.15, -0.1) is 10.2 Å². The maximum Gasteiger partial charge on any atom is 0.168 e. The van der Waals surface area contributed by atoms with Gasteiger partial charge in [-0.3, -0.25) is 4.57 Å². The molecule has 96 valence electrons. The van der Waals surface area contributed by atoms with Crippen LogP contribution in [0.4, 0.5) is 8.78 Å². The third-order valence-corrected chi connectivity index (χ3v) is 2.97. The molecule has 19 heavy (non-hydrogen) atoms. The lowest BCUT2D eigenvalue weighted by molar-refractivity contribution is 0.577. The van der Waals surface area contributed by atoms with Crippen LogP contribution in [0.1, 0.15) is 18.7 Å². The lowest BCUT2D eigenvalue weighted by Gasteiger charge is -2.10. The number of allylic oxidation sites excluding steroid dienone is 4. The van der Waals surface area contributed by atoms with Crippen LogP contribution < -0.4 is 0 Å². The third-order valence-electron chi connectivity index (χ3n) is 2.97. The highest BCUT2D eigenvalue weighted by atomic mass is 19.1. The first-order valence-corrected chi connectivity index (χ1v) is 5.98. The van der Waals surface area contributed by atoms with Crippen LogP contribution in [-0.4, -0.2) is 14.8 Å². The second-order valence-corrected chi connectivity index (χ2v) is 4.26. The molecule has 0 bridgehead atoms.